The SMILES string of the molecule is Cn1ncc(Nc2ncc3cc(Cl)c([C@@H]4CCN([C@@]5(C)COC[C@H]5O)C[C@H]4F)cc3n2)c1Cl. The lowest BCUT2D eigenvalue weighted by atomic mass is 9.84. The van der Waals surface area contributed by atoms with Crippen LogP contribution in [0.2, 0.25) is 10.2 Å². The van der Waals surface area contributed by atoms with Crippen LogP contribution in [0.1, 0.15) is 24.8 Å². The van der Waals surface area contributed by atoms with Crippen LogP contribution in [0.4, 0.5) is 16.0 Å². The summed E-state index contributed by atoms with van der Waals surface area (Å²) >= 11 is 12.8. The lowest BCUT2D eigenvalue weighted by molar-refractivity contribution is -0.0237. The quantitative estimate of drug-likeness (QED) is 0.571. The highest BCUT2D eigenvalue weighted by atomic mass is 35.5. The van der Waals surface area contributed by atoms with E-state index in [0.717, 1.165) is 10.9 Å². The van der Waals surface area contributed by atoms with Crippen LogP contribution in [0.3, 0.4) is 0 Å². The molecule has 0 saturated carbocycles. The van der Waals surface area contributed by atoms with Gasteiger partial charge in [-0.15, -0.1) is 0 Å². The van der Waals surface area contributed by atoms with Gasteiger partial charge in [0.25, 0.3) is 0 Å². The van der Waals surface area contributed by atoms with Gasteiger partial charge < -0.3 is 15.2 Å². The number of aliphatic hydroxyl groups is 1. The minimum Gasteiger partial charge on any atom is -0.389 e. The third kappa shape index (κ3) is 4.06. The molecule has 0 amide bonds. The van der Waals surface area contributed by atoms with Gasteiger partial charge in [0.1, 0.15) is 11.3 Å². The first kappa shape index (κ1) is 22.7. The van der Waals surface area contributed by atoms with Crippen molar-refractivity contribution in [1.82, 2.24) is 24.6 Å². The maximum atomic E-state index is 15.4. The lowest BCUT2D eigenvalue weighted by Crippen LogP contribution is -2.58. The highest BCUT2D eigenvalue weighted by molar-refractivity contribution is 6.32. The summed E-state index contributed by atoms with van der Waals surface area (Å²) in [5, 5.41) is 19.2. The molecule has 0 spiro atoms. The van der Waals surface area contributed by atoms with Gasteiger partial charge in [-0.3, -0.25) is 9.58 Å². The van der Waals surface area contributed by atoms with Gasteiger partial charge in [0.15, 0.2) is 0 Å². The Morgan fingerprint density at radius 1 is 1.30 bits per heavy atom. The topological polar surface area (TPSA) is 88.3 Å². The molecule has 3 aromatic rings. The van der Waals surface area contributed by atoms with E-state index in [9.17, 15) is 5.11 Å². The van der Waals surface area contributed by atoms with Gasteiger partial charge in [0.2, 0.25) is 5.95 Å². The summed E-state index contributed by atoms with van der Waals surface area (Å²) in [6.07, 6.45) is 2.09. The molecule has 0 radical (unpaired) electrons. The summed E-state index contributed by atoms with van der Waals surface area (Å²) in [6, 6.07) is 3.62. The second-order valence-corrected chi connectivity index (χ2v) is 9.73. The Morgan fingerprint density at radius 2 is 2.12 bits per heavy atom. The molecular weight excluding hydrogens is 470 g/mol. The molecule has 4 heterocycles. The zero-order valence-corrected chi connectivity index (χ0v) is 19.8. The summed E-state index contributed by atoms with van der Waals surface area (Å²) in [6.45, 7) is 3.47. The molecule has 4 atom stereocenters. The molecule has 2 aromatic heterocycles. The molecule has 2 aliphatic rings. The number of rotatable bonds is 4. The maximum absolute atomic E-state index is 15.4. The first-order valence-corrected chi connectivity index (χ1v) is 11.6. The number of hydrogen-bond donors (Lipinski definition) is 2. The van der Waals surface area contributed by atoms with Crippen LogP contribution < -0.4 is 5.32 Å². The van der Waals surface area contributed by atoms with Gasteiger partial charge in [-0.25, -0.2) is 14.4 Å². The molecule has 11 heteroatoms. The van der Waals surface area contributed by atoms with E-state index in [-0.39, 0.29) is 19.1 Å². The van der Waals surface area contributed by atoms with E-state index in [1.165, 1.54) is 4.68 Å². The van der Waals surface area contributed by atoms with Crippen LogP contribution in [-0.2, 0) is 11.8 Å². The number of likely N-dealkylation sites (tertiary alicyclic amines) is 1. The Labute approximate surface area is 200 Å². The summed E-state index contributed by atoms with van der Waals surface area (Å²) < 4.78 is 22.4. The van der Waals surface area contributed by atoms with E-state index >= 15 is 4.39 Å². The number of nitrogens with zero attached hydrogens (tertiary/aromatic N) is 5. The zero-order valence-electron chi connectivity index (χ0n) is 18.3. The van der Waals surface area contributed by atoms with Gasteiger partial charge in [-0.05, 0) is 37.6 Å². The smallest absolute Gasteiger partial charge is 0.227 e. The molecule has 2 N–H and O–H groups in total. The van der Waals surface area contributed by atoms with Crippen LogP contribution >= 0.6 is 23.2 Å². The van der Waals surface area contributed by atoms with E-state index in [4.69, 9.17) is 27.9 Å². The fourth-order valence-electron chi connectivity index (χ4n) is 4.71. The first-order valence-electron chi connectivity index (χ1n) is 10.8. The highest BCUT2D eigenvalue weighted by Gasteiger charge is 2.47. The normalized spacial score (nSPS) is 28.5. The molecule has 0 bridgehead atoms. The third-order valence-corrected chi connectivity index (χ3v) is 7.64. The summed E-state index contributed by atoms with van der Waals surface area (Å²) in [5.41, 5.74) is 1.42. The zero-order chi connectivity index (χ0) is 23.3. The van der Waals surface area contributed by atoms with E-state index in [1.807, 2.05) is 17.9 Å². The Bertz CT molecular complexity index is 1190. The highest BCUT2D eigenvalue weighted by Crippen LogP contribution is 2.39. The minimum atomic E-state index is -1.13. The molecule has 8 nitrogen and oxygen atoms in total. The van der Waals surface area contributed by atoms with Crippen molar-refractivity contribution in [2.75, 3.05) is 31.6 Å². The number of nitrogens with one attached hydrogen (secondary N) is 1. The number of halogens is 3. The van der Waals surface area contributed by atoms with Crippen molar-refractivity contribution >= 4 is 45.7 Å². The molecule has 2 fully saturated rings. The summed E-state index contributed by atoms with van der Waals surface area (Å²) in [5.74, 6) is 0.000734. The second-order valence-electron chi connectivity index (χ2n) is 8.97. The van der Waals surface area contributed by atoms with E-state index < -0.39 is 17.8 Å². The van der Waals surface area contributed by atoms with Crippen molar-refractivity contribution in [1.29, 1.82) is 0 Å². The number of ether oxygens (including phenoxy) is 1. The van der Waals surface area contributed by atoms with Crippen LogP contribution in [0.25, 0.3) is 10.9 Å². The molecule has 0 aliphatic carbocycles. The number of alkyl halides is 1. The number of aromatic nitrogens is 4. The van der Waals surface area contributed by atoms with Crippen molar-refractivity contribution < 1.29 is 14.2 Å². The fourth-order valence-corrected chi connectivity index (χ4v) is 5.16. The largest absolute Gasteiger partial charge is 0.389 e. The predicted molar refractivity (Wildman–Crippen MR) is 125 cm³/mol. The van der Waals surface area contributed by atoms with Crippen molar-refractivity contribution in [2.24, 2.45) is 7.05 Å². The summed E-state index contributed by atoms with van der Waals surface area (Å²) in [4.78, 5) is 10.9. The number of hydrogen-bond acceptors (Lipinski definition) is 7. The number of fused-ring (bicyclic) bond motifs is 1. The molecule has 2 aliphatic heterocycles. The Balaban J connectivity index is 1.39. The monoisotopic (exact) mass is 494 g/mol. The number of anilines is 2. The molecule has 176 valence electrons. The molecule has 33 heavy (non-hydrogen) atoms. The van der Waals surface area contributed by atoms with Crippen LogP contribution in [-0.4, -0.2) is 73.9 Å². The van der Waals surface area contributed by atoms with Crippen molar-refractivity contribution in [2.45, 2.75) is 37.1 Å². The second kappa shape index (κ2) is 8.63. The van der Waals surface area contributed by atoms with Gasteiger partial charge in [-0.2, -0.15) is 5.10 Å². The third-order valence-electron chi connectivity index (χ3n) is 6.86. The molecule has 5 rings (SSSR count). The Kier molecular flexibility index (Phi) is 5.95. The lowest BCUT2D eigenvalue weighted by Gasteiger charge is -2.45. The van der Waals surface area contributed by atoms with Crippen molar-refractivity contribution in [3.05, 3.63) is 40.3 Å². The van der Waals surface area contributed by atoms with Crippen LogP contribution in [0, 0.1) is 0 Å². The number of aliphatic hydroxyl groups excluding tert-OH is 1. The van der Waals surface area contributed by atoms with E-state index in [1.54, 1.807) is 25.5 Å². The minimum absolute atomic E-state index is 0.214. The molecule has 2 saturated heterocycles. The predicted octanol–water partition coefficient (Wildman–Crippen LogP) is 3.69. The maximum Gasteiger partial charge on any atom is 0.227 e. The van der Waals surface area contributed by atoms with Gasteiger partial charge in [0.05, 0.1) is 42.3 Å². The van der Waals surface area contributed by atoms with Crippen LogP contribution in [0.15, 0.2) is 24.5 Å². The average Bonchev–Trinajstić information content (AvgIpc) is 3.30. The number of aryl methyl sites for hydroxylation is 1. The number of benzene rings is 1. The average molecular weight is 495 g/mol. The van der Waals surface area contributed by atoms with E-state index in [0.29, 0.717) is 46.9 Å². The Morgan fingerprint density at radius 3 is 2.79 bits per heavy atom. The fraction of sp³-hybridized carbons (Fsp3) is 0.500. The first-order chi connectivity index (χ1) is 15.8. The van der Waals surface area contributed by atoms with Gasteiger partial charge in [-0.1, -0.05) is 23.2 Å². The van der Waals surface area contributed by atoms with Gasteiger partial charge >= 0.3 is 0 Å². The summed E-state index contributed by atoms with van der Waals surface area (Å²) in [7, 11) is 1.74. The van der Waals surface area contributed by atoms with Crippen molar-refractivity contribution in [3.63, 3.8) is 0 Å². The standard InChI is InChI=1S/C22H25Cl2FN6O2/c1-22(11-33-10-19(22)32)31-4-3-13(16(25)9-31)14-6-17-12(5-15(14)23)7-26-21(28-17)29-18-8-27-30(2)20(18)24/h5-8,13,16,19,32H,3-4,9-11H2,1-2H3,(H,26,28,29)/t13-,16+,19+,22-/m0/s1. The molecule has 0 unspecified atom stereocenters. The molecular formula is C22H25Cl2FN6O2. The van der Waals surface area contributed by atoms with Gasteiger partial charge in [0, 0.05) is 36.1 Å². The molecule has 1 aromatic carbocycles. The van der Waals surface area contributed by atoms with E-state index in [2.05, 4.69) is 20.4 Å². The van der Waals surface area contributed by atoms with Crippen LogP contribution in [0.5, 0.6) is 0 Å². The Hall–Kier alpha value is -2.04. The number of piperidine rings is 1. The van der Waals surface area contributed by atoms with Crippen molar-refractivity contribution in [3.8, 4) is 0 Å².